The van der Waals surface area contributed by atoms with Crippen LogP contribution in [0.1, 0.15) is 26.3 Å². The number of ether oxygens (including phenoxy) is 1. The molecule has 1 amide bonds. The Labute approximate surface area is 192 Å². The van der Waals surface area contributed by atoms with Crippen LogP contribution < -0.4 is 10.1 Å². The van der Waals surface area contributed by atoms with E-state index in [1.807, 2.05) is 24.0 Å². The quantitative estimate of drug-likeness (QED) is 0.326. The molecule has 7 nitrogen and oxygen atoms in total. The number of rotatable bonds is 8. The van der Waals surface area contributed by atoms with E-state index in [1.54, 1.807) is 6.92 Å². The smallest absolute Gasteiger partial charge is 0.219 e. The zero-order valence-electron chi connectivity index (χ0n) is 18.2. The Morgan fingerprint density at radius 2 is 1.83 bits per heavy atom. The number of hydrogen-bond donors (Lipinski definition) is 1. The van der Waals surface area contributed by atoms with Gasteiger partial charge in [0.05, 0.1) is 13.2 Å². The third-order valence-corrected chi connectivity index (χ3v) is 4.85. The summed E-state index contributed by atoms with van der Waals surface area (Å²) in [6, 6.07) is 8.22. The minimum Gasteiger partial charge on any atom is -0.494 e. The standard InChI is InChI=1S/C21H35N5O2.HI/c1-5-22-21(23-11-12-25-13-15-26(16-14-25)18(3)27)24(4)17-19-7-9-20(10-8-19)28-6-2;/h7-10H,5-6,11-17H2,1-4H3,(H,22,23);1H. The molecule has 0 aromatic heterocycles. The first-order valence-corrected chi connectivity index (χ1v) is 10.2. The Morgan fingerprint density at radius 3 is 2.38 bits per heavy atom. The molecule has 1 saturated heterocycles. The Hall–Kier alpha value is -1.55. The van der Waals surface area contributed by atoms with Gasteiger partial charge in [-0.15, -0.1) is 24.0 Å². The van der Waals surface area contributed by atoms with Crippen molar-refractivity contribution in [3.8, 4) is 5.75 Å². The number of hydrogen-bond acceptors (Lipinski definition) is 4. The van der Waals surface area contributed by atoms with E-state index in [0.29, 0.717) is 6.61 Å². The van der Waals surface area contributed by atoms with E-state index in [1.165, 1.54) is 5.56 Å². The first-order chi connectivity index (χ1) is 13.5. The van der Waals surface area contributed by atoms with Crippen LogP contribution in [0.2, 0.25) is 0 Å². The molecule has 1 aromatic carbocycles. The molecule has 0 bridgehead atoms. The molecule has 29 heavy (non-hydrogen) atoms. The highest BCUT2D eigenvalue weighted by Crippen LogP contribution is 2.13. The average molecular weight is 517 g/mol. The lowest BCUT2D eigenvalue weighted by Gasteiger charge is -2.33. The second-order valence-electron chi connectivity index (χ2n) is 7.02. The molecule has 1 heterocycles. The van der Waals surface area contributed by atoms with Crippen LogP contribution in [0.3, 0.4) is 0 Å². The van der Waals surface area contributed by atoms with Crippen molar-refractivity contribution in [2.75, 3.05) is 59.5 Å². The predicted octanol–water partition coefficient (Wildman–Crippen LogP) is 2.26. The van der Waals surface area contributed by atoms with Crippen LogP contribution in [0.4, 0.5) is 0 Å². The maximum absolute atomic E-state index is 11.4. The van der Waals surface area contributed by atoms with Crippen molar-refractivity contribution in [2.24, 2.45) is 4.99 Å². The predicted molar refractivity (Wildman–Crippen MR) is 129 cm³/mol. The molecule has 1 N–H and O–H groups in total. The summed E-state index contributed by atoms with van der Waals surface area (Å²) in [5, 5.41) is 3.37. The second kappa shape index (κ2) is 13.6. The summed E-state index contributed by atoms with van der Waals surface area (Å²) in [6.45, 7) is 13.2. The summed E-state index contributed by atoms with van der Waals surface area (Å²) >= 11 is 0. The van der Waals surface area contributed by atoms with Gasteiger partial charge >= 0.3 is 0 Å². The molecular formula is C21H36IN5O2. The van der Waals surface area contributed by atoms with E-state index in [0.717, 1.165) is 64.1 Å². The van der Waals surface area contributed by atoms with Crippen LogP contribution in [-0.2, 0) is 11.3 Å². The van der Waals surface area contributed by atoms with Gasteiger partial charge in [0.1, 0.15) is 5.75 Å². The molecule has 2 rings (SSSR count). The molecule has 1 fully saturated rings. The van der Waals surface area contributed by atoms with E-state index in [2.05, 4.69) is 41.2 Å². The Balaban J connectivity index is 0.00000420. The number of benzene rings is 1. The normalized spacial score (nSPS) is 14.9. The summed E-state index contributed by atoms with van der Waals surface area (Å²) < 4.78 is 5.51. The van der Waals surface area contributed by atoms with Gasteiger partial charge in [0, 0.05) is 59.8 Å². The fraction of sp³-hybridized carbons (Fsp3) is 0.619. The minimum absolute atomic E-state index is 0. The van der Waals surface area contributed by atoms with Crippen LogP contribution >= 0.6 is 24.0 Å². The van der Waals surface area contributed by atoms with Crippen LogP contribution in [0.15, 0.2) is 29.3 Å². The highest BCUT2D eigenvalue weighted by Gasteiger charge is 2.18. The number of carbonyl (C=O) groups is 1. The largest absolute Gasteiger partial charge is 0.494 e. The van der Waals surface area contributed by atoms with Gasteiger partial charge in [-0.25, -0.2) is 0 Å². The summed E-state index contributed by atoms with van der Waals surface area (Å²) in [6.07, 6.45) is 0. The third kappa shape index (κ3) is 8.77. The van der Waals surface area contributed by atoms with Crippen molar-refractivity contribution >= 4 is 35.8 Å². The molecule has 0 radical (unpaired) electrons. The number of aliphatic imine (C=N–C) groups is 1. The maximum atomic E-state index is 11.4. The Kier molecular flexibility index (Phi) is 12.0. The summed E-state index contributed by atoms with van der Waals surface area (Å²) in [5.74, 6) is 1.99. The molecule has 1 aromatic rings. The monoisotopic (exact) mass is 517 g/mol. The molecule has 0 aliphatic carbocycles. The fourth-order valence-corrected chi connectivity index (χ4v) is 3.26. The third-order valence-electron chi connectivity index (χ3n) is 4.85. The number of piperazine rings is 1. The number of nitrogens with one attached hydrogen (secondary N) is 1. The van der Waals surface area contributed by atoms with E-state index >= 15 is 0 Å². The van der Waals surface area contributed by atoms with Gasteiger partial charge in [-0.3, -0.25) is 14.7 Å². The number of amides is 1. The van der Waals surface area contributed by atoms with E-state index in [4.69, 9.17) is 9.73 Å². The molecule has 0 spiro atoms. The van der Waals surface area contributed by atoms with Gasteiger partial charge in [0.25, 0.3) is 0 Å². The summed E-state index contributed by atoms with van der Waals surface area (Å²) in [4.78, 5) is 22.6. The van der Waals surface area contributed by atoms with Crippen molar-refractivity contribution in [3.05, 3.63) is 29.8 Å². The van der Waals surface area contributed by atoms with E-state index in [-0.39, 0.29) is 29.9 Å². The van der Waals surface area contributed by atoms with Crippen LogP contribution in [0.25, 0.3) is 0 Å². The van der Waals surface area contributed by atoms with Gasteiger partial charge in [-0.05, 0) is 31.5 Å². The first kappa shape index (κ1) is 25.5. The zero-order chi connectivity index (χ0) is 20.4. The van der Waals surface area contributed by atoms with E-state index < -0.39 is 0 Å². The fourth-order valence-electron chi connectivity index (χ4n) is 3.26. The lowest BCUT2D eigenvalue weighted by molar-refractivity contribution is -0.130. The molecule has 8 heteroatoms. The highest BCUT2D eigenvalue weighted by molar-refractivity contribution is 14.0. The molecule has 1 aliphatic heterocycles. The van der Waals surface area contributed by atoms with Gasteiger partial charge in [-0.1, -0.05) is 12.1 Å². The van der Waals surface area contributed by atoms with Gasteiger partial charge in [0.15, 0.2) is 5.96 Å². The zero-order valence-corrected chi connectivity index (χ0v) is 20.5. The van der Waals surface area contributed by atoms with Crippen molar-refractivity contribution in [2.45, 2.75) is 27.3 Å². The second-order valence-corrected chi connectivity index (χ2v) is 7.02. The van der Waals surface area contributed by atoms with Gasteiger partial charge < -0.3 is 19.9 Å². The molecule has 0 atom stereocenters. The van der Waals surface area contributed by atoms with Crippen molar-refractivity contribution in [1.82, 2.24) is 20.0 Å². The Morgan fingerprint density at radius 1 is 1.17 bits per heavy atom. The number of nitrogens with zero attached hydrogens (tertiary/aromatic N) is 4. The molecule has 1 aliphatic rings. The van der Waals surface area contributed by atoms with Crippen molar-refractivity contribution in [3.63, 3.8) is 0 Å². The Bertz CT molecular complexity index is 630. The van der Waals surface area contributed by atoms with Crippen molar-refractivity contribution in [1.29, 1.82) is 0 Å². The minimum atomic E-state index is 0. The van der Waals surface area contributed by atoms with Gasteiger partial charge in [0.2, 0.25) is 5.91 Å². The van der Waals surface area contributed by atoms with Crippen molar-refractivity contribution < 1.29 is 9.53 Å². The molecule has 164 valence electrons. The van der Waals surface area contributed by atoms with Crippen LogP contribution in [0, 0.1) is 0 Å². The summed E-state index contributed by atoms with van der Waals surface area (Å²) in [7, 11) is 2.06. The van der Waals surface area contributed by atoms with Gasteiger partial charge in [-0.2, -0.15) is 0 Å². The average Bonchev–Trinajstić information content (AvgIpc) is 2.69. The summed E-state index contributed by atoms with van der Waals surface area (Å²) in [5.41, 5.74) is 1.22. The first-order valence-electron chi connectivity index (χ1n) is 10.2. The lowest BCUT2D eigenvalue weighted by Crippen LogP contribution is -2.48. The maximum Gasteiger partial charge on any atom is 0.219 e. The number of halogens is 1. The molecule has 0 saturated carbocycles. The van der Waals surface area contributed by atoms with Crippen LogP contribution in [-0.4, -0.2) is 86.0 Å². The lowest BCUT2D eigenvalue weighted by atomic mass is 10.2. The highest BCUT2D eigenvalue weighted by atomic mass is 127. The molecular weight excluding hydrogens is 481 g/mol. The van der Waals surface area contributed by atoms with Crippen LogP contribution in [0.5, 0.6) is 5.75 Å². The number of guanidine groups is 1. The SMILES string of the molecule is CCNC(=NCCN1CCN(C(C)=O)CC1)N(C)Cc1ccc(OCC)cc1.I. The number of carbonyl (C=O) groups excluding carboxylic acids is 1. The molecule has 0 unspecified atom stereocenters. The van der Waals surface area contributed by atoms with E-state index in [9.17, 15) is 4.79 Å². The topological polar surface area (TPSA) is 60.4 Å².